The lowest BCUT2D eigenvalue weighted by Crippen LogP contribution is -2.42. The maximum Gasteiger partial charge on any atom is 0.318 e. The van der Waals surface area contributed by atoms with Crippen LogP contribution in [0.4, 0.5) is 4.79 Å². The van der Waals surface area contributed by atoms with Crippen molar-refractivity contribution in [3.8, 4) is 5.69 Å². The van der Waals surface area contributed by atoms with E-state index in [9.17, 15) is 4.79 Å². The number of nitrogens with one attached hydrogen (secondary N) is 1. The standard InChI is InChI=1S/C22H22ClN3O/c1-2-13-24-22(27)26-15-17-6-3-4-7-19(17)25-14-5-8-20(25)21(26)16-9-11-18(23)12-10-16/h3-12,14,21H,2,13,15H2,1H3,(H,24,27). The van der Waals surface area contributed by atoms with Gasteiger partial charge >= 0.3 is 6.03 Å². The van der Waals surface area contributed by atoms with Gasteiger partial charge in [0.1, 0.15) is 0 Å². The van der Waals surface area contributed by atoms with Crippen molar-refractivity contribution in [1.82, 2.24) is 14.8 Å². The molecule has 2 heterocycles. The minimum atomic E-state index is -0.193. The molecule has 1 aliphatic rings. The number of benzene rings is 2. The van der Waals surface area contributed by atoms with Crippen LogP contribution in [0, 0.1) is 0 Å². The molecule has 1 N–H and O–H groups in total. The van der Waals surface area contributed by atoms with Gasteiger partial charge in [-0.2, -0.15) is 0 Å². The number of aromatic nitrogens is 1. The monoisotopic (exact) mass is 379 g/mol. The van der Waals surface area contributed by atoms with Gasteiger partial charge in [-0.15, -0.1) is 0 Å². The van der Waals surface area contributed by atoms with Gasteiger partial charge < -0.3 is 14.8 Å². The summed E-state index contributed by atoms with van der Waals surface area (Å²) in [6.07, 6.45) is 2.96. The number of nitrogens with zero attached hydrogens (tertiary/aromatic N) is 2. The Balaban J connectivity index is 1.87. The third kappa shape index (κ3) is 3.33. The molecule has 0 bridgehead atoms. The summed E-state index contributed by atoms with van der Waals surface area (Å²) in [7, 11) is 0. The molecule has 0 fully saturated rings. The second-order valence-electron chi connectivity index (χ2n) is 6.75. The highest BCUT2D eigenvalue weighted by Gasteiger charge is 2.32. The molecule has 27 heavy (non-hydrogen) atoms. The molecule has 1 unspecified atom stereocenters. The van der Waals surface area contributed by atoms with Gasteiger partial charge in [-0.25, -0.2) is 4.79 Å². The SMILES string of the molecule is CCCNC(=O)N1Cc2ccccc2-n2cccc2C1c1ccc(Cl)cc1. The fourth-order valence-electron chi connectivity index (χ4n) is 3.67. The first-order valence-electron chi connectivity index (χ1n) is 9.24. The van der Waals surface area contributed by atoms with Gasteiger partial charge in [-0.05, 0) is 47.9 Å². The van der Waals surface area contributed by atoms with E-state index in [0.29, 0.717) is 18.1 Å². The molecule has 0 saturated heterocycles. The van der Waals surface area contributed by atoms with Crippen LogP contribution in [0.1, 0.15) is 36.2 Å². The topological polar surface area (TPSA) is 37.3 Å². The predicted octanol–water partition coefficient (Wildman–Crippen LogP) is 5.16. The number of hydrogen-bond acceptors (Lipinski definition) is 1. The highest BCUT2D eigenvalue weighted by Crippen LogP contribution is 2.36. The number of urea groups is 1. The molecule has 2 aromatic carbocycles. The molecular weight excluding hydrogens is 358 g/mol. The van der Waals surface area contributed by atoms with Crippen LogP contribution in [-0.2, 0) is 6.54 Å². The minimum absolute atomic E-state index is 0.0544. The van der Waals surface area contributed by atoms with E-state index >= 15 is 0 Å². The second-order valence-corrected chi connectivity index (χ2v) is 7.18. The number of amides is 2. The molecule has 4 rings (SSSR count). The van der Waals surface area contributed by atoms with Crippen molar-refractivity contribution in [1.29, 1.82) is 0 Å². The number of para-hydroxylation sites is 1. The fraction of sp³-hybridized carbons (Fsp3) is 0.227. The summed E-state index contributed by atoms with van der Waals surface area (Å²) in [5, 5.41) is 3.73. The Morgan fingerprint density at radius 3 is 2.67 bits per heavy atom. The highest BCUT2D eigenvalue weighted by molar-refractivity contribution is 6.30. The zero-order chi connectivity index (χ0) is 18.8. The van der Waals surface area contributed by atoms with Gasteiger partial charge in [-0.3, -0.25) is 0 Å². The van der Waals surface area contributed by atoms with Gasteiger partial charge in [0.2, 0.25) is 0 Å². The molecule has 0 aliphatic carbocycles. The first-order chi connectivity index (χ1) is 13.2. The van der Waals surface area contributed by atoms with Gasteiger partial charge in [-0.1, -0.05) is 48.9 Å². The third-order valence-corrected chi connectivity index (χ3v) is 5.19. The van der Waals surface area contributed by atoms with Crippen LogP contribution in [0.25, 0.3) is 5.69 Å². The van der Waals surface area contributed by atoms with E-state index in [1.807, 2.05) is 47.4 Å². The van der Waals surface area contributed by atoms with Crippen molar-refractivity contribution in [2.75, 3.05) is 6.54 Å². The zero-order valence-electron chi connectivity index (χ0n) is 15.2. The van der Waals surface area contributed by atoms with Crippen LogP contribution in [0.3, 0.4) is 0 Å². The van der Waals surface area contributed by atoms with E-state index in [4.69, 9.17) is 11.6 Å². The number of fused-ring (bicyclic) bond motifs is 3. The third-order valence-electron chi connectivity index (χ3n) is 4.94. The van der Waals surface area contributed by atoms with Crippen molar-refractivity contribution in [2.24, 2.45) is 0 Å². The lowest BCUT2D eigenvalue weighted by molar-refractivity contribution is 0.180. The van der Waals surface area contributed by atoms with Gasteiger partial charge in [0.15, 0.2) is 0 Å². The lowest BCUT2D eigenvalue weighted by Gasteiger charge is -2.31. The largest absolute Gasteiger partial charge is 0.338 e. The maximum absolute atomic E-state index is 13.1. The Hall–Kier alpha value is -2.72. The normalized spacial score (nSPS) is 15.6. The lowest BCUT2D eigenvalue weighted by atomic mass is 10.0. The smallest absolute Gasteiger partial charge is 0.318 e. The van der Waals surface area contributed by atoms with Gasteiger partial charge in [0.05, 0.1) is 18.3 Å². The molecule has 1 atom stereocenters. The van der Waals surface area contributed by atoms with Crippen LogP contribution in [0.15, 0.2) is 66.9 Å². The summed E-state index contributed by atoms with van der Waals surface area (Å²) in [4.78, 5) is 15.0. The molecule has 0 spiro atoms. The van der Waals surface area contributed by atoms with Crippen molar-refractivity contribution >= 4 is 17.6 Å². The van der Waals surface area contributed by atoms with Crippen LogP contribution >= 0.6 is 11.6 Å². The van der Waals surface area contributed by atoms with E-state index < -0.39 is 0 Å². The Labute approximate surface area is 164 Å². The Bertz CT molecular complexity index is 948. The van der Waals surface area contributed by atoms with Crippen LogP contribution < -0.4 is 5.32 Å². The number of carbonyl (C=O) groups excluding carboxylic acids is 1. The molecule has 2 amide bonds. The van der Waals surface area contributed by atoms with Crippen molar-refractivity contribution in [2.45, 2.75) is 25.9 Å². The summed E-state index contributed by atoms with van der Waals surface area (Å²) in [6.45, 7) is 3.26. The summed E-state index contributed by atoms with van der Waals surface area (Å²) in [5.41, 5.74) is 4.34. The van der Waals surface area contributed by atoms with Crippen LogP contribution in [0.5, 0.6) is 0 Å². The fourth-order valence-corrected chi connectivity index (χ4v) is 3.79. The van der Waals surface area contributed by atoms with E-state index in [-0.39, 0.29) is 12.1 Å². The molecule has 0 saturated carbocycles. The van der Waals surface area contributed by atoms with Gasteiger partial charge in [0, 0.05) is 23.5 Å². The summed E-state index contributed by atoms with van der Waals surface area (Å²) < 4.78 is 2.18. The molecule has 3 aromatic rings. The summed E-state index contributed by atoms with van der Waals surface area (Å²) >= 11 is 6.10. The first-order valence-corrected chi connectivity index (χ1v) is 9.62. The average Bonchev–Trinajstić information content (AvgIpc) is 3.11. The van der Waals surface area contributed by atoms with Crippen molar-refractivity contribution in [3.63, 3.8) is 0 Å². The average molecular weight is 380 g/mol. The predicted molar refractivity (Wildman–Crippen MR) is 108 cm³/mol. The maximum atomic E-state index is 13.1. The first kappa shape index (κ1) is 17.7. The van der Waals surface area contributed by atoms with Crippen LogP contribution in [0.2, 0.25) is 5.02 Å². The van der Waals surface area contributed by atoms with E-state index in [1.54, 1.807) is 0 Å². The molecule has 1 aliphatic heterocycles. The molecule has 138 valence electrons. The molecule has 5 heteroatoms. The van der Waals surface area contributed by atoms with E-state index in [1.165, 1.54) is 0 Å². The number of halogens is 1. The zero-order valence-corrected chi connectivity index (χ0v) is 16.0. The van der Waals surface area contributed by atoms with Gasteiger partial charge in [0.25, 0.3) is 0 Å². The summed E-state index contributed by atoms with van der Waals surface area (Å²) in [6, 6.07) is 19.9. The Kier molecular flexibility index (Phi) is 4.90. The molecule has 1 aromatic heterocycles. The number of hydrogen-bond donors (Lipinski definition) is 1. The Morgan fingerprint density at radius 1 is 1.11 bits per heavy atom. The molecule has 4 nitrogen and oxygen atoms in total. The Morgan fingerprint density at radius 2 is 1.89 bits per heavy atom. The second kappa shape index (κ2) is 7.49. The molecular formula is C22H22ClN3O. The quantitative estimate of drug-likeness (QED) is 0.670. The van der Waals surface area contributed by atoms with E-state index in [2.05, 4.69) is 41.2 Å². The van der Waals surface area contributed by atoms with Crippen molar-refractivity contribution in [3.05, 3.63) is 88.7 Å². The van der Waals surface area contributed by atoms with Crippen LogP contribution in [-0.4, -0.2) is 22.0 Å². The molecule has 0 radical (unpaired) electrons. The van der Waals surface area contributed by atoms with E-state index in [0.717, 1.165) is 28.9 Å². The summed E-state index contributed by atoms with van der Waals surface area (Å²) in [5.74, 6) is 0. The van der Waals surface area contributed by atoms with Crippen molar-refractivity contribution < 1.29 is 4.79 Å². The number of rotatable bonds is 3. The minimum Gasteiger partial charge on any atom is -0.338 e. The highest BCUT2D eigenvalue weighted by atomic mass is 35.5. The number of carbonyl (C=O) groups is 1.